The molecule has 2 N–H and O–H groups in total. The maximum absolute atomic E-state index is 13.1. The molecule has 0 spiro atoms. The zero-order valence-electron chi connectivity index (χ0n) is 12.7. The number of hydrogen-bond acceptors (Lipinski definition) is 3. The molecule has 0 saturated heterocycles. The van der Waals surface area contributed by atoms with Gasteiger partial charge in [0.15, 0.2) is 0 Å². The molecule has 1 unspecified atom stereocenters. The van der Waals surface area contributed by atoms with Crippen molar-refractivity contribution in [2.24, 2.45) is 0 Å². The average Bonchev–Trinajstić information content (AvgIpc) is 2.54. The number of carboxylic acids is 1. The number of phenols is 1. The van der Waals surface area contributed by atoms with E-state index in [4.69, 9.17) is 9.84 Å². The predicted molar refractivity (Wildman–Crippen MR) is 83.4 cm³/mol. The minimum Gasteiger partial charge on any atom is -0.508 e. The van der Waals surface area contributed by atoms with Gasteiger partial charge in [0.2, 0.25) is 6.10 Å². The fourth-order valence-corrected chi connectivity index (χ4v) is 2.65. The maximum Gasteiger partial charge on any atom is 0.430 e. The van der Waals surface area contributed by atoms with Crippen molar-refractivity contribution in [1.29, 1.82) is 0 Å². The van der Waals surface area contributed by atoms with Gasteiger partial charge in [-0.05, 0) is 23.8 Å². The molecule has 1 heterocycles. The van der Waals surface area contributed by atoms with Gasteiger partial charge in [0.05, 0.1) is 5.57 Å². The lowest BCUT2D eigenvalue weighted by atomic mass is 9.97. The first-order valence-corrected chi connectivity index (χ1v) is 7.34. The molecule has 7 heteroatoms. The van der Waals surface area contributed by atoms with E-state index < -0.39 is 23.8 Å². The summed E-state index contributed by atoms with van der Waals surface area (Å²) in [5.74, 6) is -1.98. The number of alkyl halides is 3. The number of hydrogen-bond donors (Lipinski definition) is 2. The quantitative estimate of drug-likeness (QED) is 0.884. The van der Waals surface area contributed by atoms with Gasteiger partial charge in [-0.15, -0.1) is 0 Å². The highest BCUT2D eigenvalue weighted by Gasteiger charge is 2.48. The molecule has 0 fully saturated rings. The van der Waals surface area contributed by atoms with Crippen LogP contribution in [-0.4, -0.2) is 28.5 Å². The van der Waals surface area contributed by atoms with Crippen molar-refractivity contribution in [3.05, 3.63) is 64.7 Å². The van der Waals surface area contributed by atoms with Gasteiger partial charge in [0, 0.05) is 17.5 Å². The largest absolute Gasteiger partial charge is 0.508 e. The number of benzene rings is 2. The molecule has 2 aromatic carbocycles. The van der Waals surface area contributed by atoms with Crippen LogP contribution < -0.4 is 4.74 Å². The molecule has 1 aliphatic heterocycles. The van der Waals surface area contributed by atoms with Gasteiger partial charge in [-0.3, -0.25) is 0 Å². The minimum absolute atomic E-state index is 0.0900. The molecule has 0 aliphatic carbocycles. The molecule has 0 bridgehead atoms. The van der Waals surface area contributed by atoms with E-state index >= 15 is 0 Å². The van der Waals surface area contributed by atoms with E-state index in [0.29, 0.717) is 12.0 Å². The Balaban J connectivity index is 2.02. The molecule has 0 saturated carbocycles. The normalized spacial score (nSPS) is 16.6. The third kappa shape index (κ3) is 3.45. The lowest BCUT2D eigenvalue weighted by molar-refractivity contribution is -0.187. The zero-order chi connectivity index (χ0) is 18.2. The van der Waals surface area contributed by atoms with Crippen LogP contribution in [0.3, 0.4) is 0 Å². The Hall–Kier alpha value is -2.96. The molecular weight excluding hydrogens is 337 g/mol. The Kier molecular flexibility index (Phi) is 4.16. The second-order valence-electron chi connectivity index (χ2n) is 5.63. The molecule has 3 rings (SSSR count). The van der Waals surface area contributed by atoms with Gasteiger partial charge >= 0.3 is 12.1 Å². The van der Waals surface area contributed by atoms with Gasteiger partial charge in [-0.1, -0.05) is 30.3 Å². The van der Waals surface area contributed by atoms with E-state index in [0.717, 1.165) is 11.6 Å². The molecule has 25 heavy (non-hydrogen) atoms. The average molecular weight is 350 g/mol. The van der Waals surface area contributed by atoms with Gasteiger partial charge in [0.25, 0.3) is 0 Å². The second-order valence-corrected chi connectivity index (χ2v) is 5.63. The van der Waals surface area contributed by atoms with Crippen molar-refractivity contribution in [2.45, 2.75) is 18.7 Å². The number of ether oxygens (including phenoxy) is 1. The van der Waals surface area contributed by atoms with Crippen molar-refractivity contribution in [2.75, 3.05) is 0 Å². The SMILES string of the molecule is O=C(O)C1=Cc2cc(O)c(Cc3ccccc3)cc2OC1C(F)(F)F. The van der Waals surface area contributed by atoms with Crippen molar-refractivity contribution in [1.82, 2.24) is 0 Å². The van der Waals surface area contributed by atoms with Crippen LogP contribution in [0.2, 0.25) is 0 Å². The number of aromatic hydroxyl groups is 1. The molecule has 130 valence electrons. The summed E-state index contributed by atoms with van der Waals surface area (Å²) in [6.45, 7) is 0. The fourth-order valence-electron chi connectivity index (χ4n) is 2.65. The smallest absolute Gasteiger partial charge is 0.430 e. The van der Waals surface area contributed by atoms with E-state index in [1.807, 2.05) is 30.3 Å². The molecule has 2 aromatic rings. The van der Waals surface area contributed by atoms with Crippen LogP contribution in [0, 0.1) is 0 Å². The van der Waals surface area contributed by atoms with Crippen molar-refractivity contribution >= 4 is 12.0 Å². The Labute approximate surface area is 140 Å². The zero-order valence-corrected chi connectivity index (χ0v) is 12.7. The first-order chi connectivity index (χ1) is 11.8. The lowest BCUT2D eigenvalue weighted by Gasteiger charge is -2.27. The topological polar surface area (TPSA) is 66.8 Å². The monoisotopic (exact) mass is 350 g/mol. The summed E-state index contributed by atoms with van der Waals surface area (Å²) in [5, 5.41) is 19.1. The molecular formula is C18H13F3O4. The van der Waals surface area contributed by atoms with E-state index in [1.54, 1.807) is 0 Å². The highest BCUT2D eigenvalue weighted by molar-refractivity contribution is 5.95. The van der Waals surface area contributed by atoms with Crippen molar-refractivity contribution < 1.29 is 32.9 Å². The molecule has 1 aliphatic rings. The summed E-state index contributed by atoms with van der Waals surface area (Å²) < 4.78 is 44.2. The second kappa shape index (κ2) is 6.16. The number of halogens is 3. The Morgan fingerprint density at radius 1 is 1.16 bits per heavy atom. The highest BCUT2D eigenvalue weighted by atomic mass is 19.4. The number of carboxylic acid groups (broad SMARTS) is 1. The van der Waals surface area contributed by atoms with E-state index in [-0.39, 0.29) is 17.1 Å². The standard InChI is InChI=1S/C18H13F3O4/c19-18(20,21)16-13(17(23)24)7-12-8-14(22)11(9-15(12)25-16)6-10-4-2-1-3-5-10/h1-5,7-9,16,22H,6H2,(H,23,24). The molecule has 0 aromatic heterocycles. The van der Waals surface area contributed by atoms with Gasteiger partial charge in [-0.2, -0.15) is 13.2 Å². The Bertz CT molecular complexity index is 841. The van der Waals surface area contributed by atoms with Crippen LogP contribution in [0.1, 0.15) is 16.7 Å². The molecule has 0 amide bonds. The van der Waals surface area contributed by atoms with Crippen LogP contribution in [0.4, 0.5) is 13.2 Å². The first-order valence-electron chi connectivity index (χ1n) is 7.34. The van der Waals surface area contributed by atoms with Crippen LogP contribution in [-0.2, 0) is 11.2 Å². The first kappa shape index (κ1) is 16.9. The molecule has 1 atom stereocenters. The van der Waals surface area contributed by atoms with Gasteiger partial charge < -0.3 is 14.9 Å². The number of fused-ring (bicyclic) bond motifs is 1. The summed E-state index contributed by atoms with van der Waals surface area (Å²) in [7, 11) is 0. The minimum atomic E-state index is -4.86. The summed E-state index contributed by atoms with van der Waals surface area (Å²) in [6.07, 6.45) is -6.23. The van der Waals surface area contributed by atoms with Crippen LogP contribution in [0.5, 0.6) is 11.5 Å². The number of aliphatic carboxylic acids is 1. The third-order valence-corrected chi connectivity index (χ3v) is 3.83. The summed E-state index contributed by atoms with van der Waals surface area (Å²) in [4.78, 5) is 11.1. The molecule has 0 radical (unpaired) electrons. The van der Waals surface area contributed by atoms with E-state index in [9.17, 15) is 23.1 Å². The molecule has 4 nitrogen and oxygen atoms in total. The van der Waals surface area contributed by atoms with Gasteiger partial charge in [0.1, 0.15) is 11.5 Å². The summed E-state index contributed by atoms with van der Waals surface area (Å²) in [6, 6.07) is 11.6. The summed E-state index contributed by atoms with van der Waals surface area (Å²) >= 11 is 0. The predicted octanol–water partition coefficient (Wildman–Crippen LogP) is 3.77. The number of rotatable bonds is 3. The van der Waals surface area contributed by atoms with Crippen molar-refractivity contribution in [3.8, 4) is 11.5 Å². The van der Waals surface area contributed by atoms with Crippen LogP contribution in [0.15, 0.2) is 48.0 Å². The van der Waals surface area contributed by atoms with Crippen molar-refractivity contribution in [3.63, 3.8) is 0 Å². The Morgan fingerprint density at radius 3 is 2.44 bits per heavy atom. The van der Waals surface area contributed by atoms with E-state index in [1.165, 1.54) is 12.1 Å². The maximum atomic E-state index is 13.1. The van der Waals surface area contributed by atoms with E-state index in [2.05, 4.69) is 0 Å². The summed E-state index contributed by atoms with van der Waals surface area (Å²) in [5.41, 5.74) is 0.420. The third-order valence-electron chi connectivity index (χ3n) is 3.83. The number of phenolic OH excluding ortho intramolecular Hbond substituents is 1. The Morgan fingerprint density at radius 2 is 1.84 bits per heavy atom. The highest BCUT2D eigenvalue weighted by Crippen LogP contribution is 2.40. The lowest BCUT2D eigenvalue weighted by Crippen LogP contribution is -2.40. The number of carbonyl (C=O) groups is 1. The van der Waals surface area contributed by atoms with Crippen LogP contribution >= 0.6 is 0 Å². The van der Waals surface area contributed by atoms with Gasteiger partial charge in [-0.25, -0.2) is 4.79 Å². The fraction of sp³-hybridized carbons (Fsp3) is 0.167. The van der Waals surface area contributed by atoms with Crippen LogP contribution in [0.25, 0.3) is 6.08 Å².